The Balaban J connectivity index is 1.84. The topological polar surface area (TPSA) is 75.4 Å². The van der Waals surface area contributed by atoms with Gasteiger partial charge in [-0.05, 0) is 24.1 Å². The summed E-state index contributed by atoms with van der Waals surface area (Å²) in [5.74, 6) is 0.407. The lowest BCUT2D eigenvalue weighted by molar-refractivity contribution is -0.128. The molecule has 0 aromatic heterocycles. The van der Waals surface area contributed by atoms with E-state index in [0.29, 0.717) is 35.3 Å². The van der Waals surface area contributed by atoms with Crippen molar-refractivity contribution in [3.05, 3.63) is 23.2 Å². The van der Waals surface area contributed by atoms with E-state index in [1.54, 1.807) is 23.1 Å². The van der Waals surface area contributed by atoms with Gasteiger partial charge in [-0.25, -0.2) is 0 Å². The van der Waals surface area contributed by atoms with Crippen LogP contribution in [0.2, 0.25) is 5.02 Å². The highest BCUT2D eigenvalue weighted by atomic mass is 35.5. The first kappa shape index (κ1) is 15.6. The number of nitrogens with one attached hydrogen (secondary N) is 1. The Kier molecular flexibility index (Phi) is 5.07. The lowest BCUT2D eigenvalue weighted by Crippen LogP contribution is -2.29. The van der Waals surface area contributed by atoms with E-state index in [9.17, 15) is 9.59 Å². The molecule has 2 rings (SSSR count). The van der Waals surface area contributed by atoms with Gasteiger partial charge in [-0.15, -0.1) is 0 Å². The molecule has 0 spiro atoms. The second-order valence-corrected chi connectivity index (χ2v) is 5.78. The van der Waals surface area contributed by atoms with Crippen molar-refractivity contribution in [1.29, 1.82) is 0 Å². The zero-order valence-corrected chi connectivity index (χ0v) is 12.8. The van der Waals surface area contributed by atoms with Gasteiger partial charge in [-0.1, -0.05) is 24.9 Å². The monoisotopic (exact) mass is 309 g/mol. The van der Waals surface area contributed by atoms with Crippen LogP contribution in [0.5, 0.6) is 0 Å². The molecule has 21 heavy (non-hydrogen) atoms. The molecule has 1 unspecified atom stereocenters. The Labute approximate surface area is 129 Å². The van der Waals surface area contributed by atoms with E-state index in [2.05, 4.69) is 12.2 Å². The highest BCUT2D eigenvalue weighted by Crippen LogP contribution is 2.23. The molecule has 0 saturated carbocycles. The molecule has 0 bridgehead atoms. The molecule has 1 atom stereocenters. The van der Waals surface area contributed by atoms with E-state index < -0.39 is 0 Å². The SMILES string of the molecule is CCC1CC(=O)N(CCC(=O)Nc2ccc(Cl)cc2N)C1. The van der Waals surface area contributed by atoms with Crippen LogP contribution in [0, 0.1) is 5.92 Å². The number of carbonyl (C=O) groups is 2. The second kappa shape index (κ2) is 6.80. The third-order valence-electron chi connectivity index (χ3n) is 3.77. The van der Waals surface area contributed by atoms with Crippen molar-refractivity contribution in [2.75, 3.05) is 24.1 Å². The predicted molar refractivity (Wildman–Crippen MR) is 84.1 cm³/mol. The van der Waals surface area contributed by atoms with Crippen molar-refractivity contribution < 1.29 is 9.59 Å². The number of nitrogens with zero attached hydrogens (tertiary/aromatic N) is 1. The summed E-state index contributed by atoms with van der Waals surface area (Å²) in [6, 6.07) is 4.93. The lowest BCUT2D eigenvalue weighted by atomic mass is 10.1. The van der Waals surface area contributed by atoms with Gasteiger partial charge in [-0.3, -0.25) is 9.59 Å². The van der Waals surface area contributed by atoms with E-state index in [1.165, 1.54) is 0 Å². The summed E-state index contributed by atoms with van der Waals surface area (Å²) < 4.78 is 0. The molecule has 6 heteroatoms. The fourth-order valence-electron chi connectivity index (χ4n) is 2.44. The number of benzene rings is 1. The van der Waals surface area contributed by atoms with E-state index in [0.717, 1.165) is 13.0 Å². The molecule has 1 aliphatic rings. The Hall–Kier alpha value is -1.75. The minimum absolute atomic E-state index is 0.139. The smallest absolute Gasteiger partial charge is 0.226 e. The number of likely N-dealkylation sites (tertiary alicyclic amines) is 1. The first-order valence-corrected chi connectivity index (χ1v) is 7.50. The lowest BCUT2D eigenvalue weighted by Gasteiger charge is -2.16. The average Bonchev–Trinajstić information content (AvgIpc) is 2.80. The van der Waals surface area contributed by atoms with Gasteiger partial charge in [0.15, 0.2) is 0 Å². The molecule has 5 nitrogen and oxygen atoms in total. The Morgan fingerprint density at radius 1 is 1.52 bits per heavy atom. The van der Waals surface area contributed by atoms with E-state index >= 15 is 0 Å². The average molecular weight is 310 g/mol. The standard InChI is InChI=1S/C15H20ClN3O2/c1-2-10-7-15(21)19(9-10)6-5-14(20)18-13-4-3-11(16)8-12(13)17/h3-4,8,10H,2,5-7,9,17H2,1H3,(H,18,20). The van der Waals surface area contributed by atoms with Gasteiger partial charge < -0.3 is 16.0 Å². The maximum absolute atomic E-state index is 11.9. The van der Waals surface area contributed by atoms with Gasteiger partial charge >= 0.3 is 0 Å². The molecular weight excluding hydrogens is 290 g/mol. The molecule has 0 aliphatic carbocycles. The van der Waals surface area contributed by atoms with Crippen LogP contribution in [0.1, 0.15) is 26.2 Å². The molecule has 1 heterocycles. The highest BCUT2D eigenvalue weighted by molar-refractivity contribution is 6.31. The fourth-order valence-corrected chi connectivity index (χ4v) is 2.62. The molecule has 2 amide bonds. The molecule has 1 fully saturated rings. The minimum atomic E-state index is -0.156. The Morgan fingerprint density at radius 2 is 2.29 bits per heavy atom. The number of amides is 2. The van der Waals surface area contributed by atoms with Crippen LogP contribution in [0.15, 0.2) is 18.2 Å². The molecule has 1 saturated heterocycles. The Morgan fingerprint density at radius 3 is 2.90 bits per heavy atom. The fraction of sp³-hybridized carbons (Fsp3) is 0.467. The molecule has 0 radical (unpaired) electrons. The van der Waals surface area contributed by atoms with Gasteiger partial charge in [0.25, 0.3) is 0 Å². The number of carbonyl (C=O) groups excluding carboxylic acids is 2. The van der Waals surface area contributed by atoms with Crippen molar-refractivity contribution >= 4 is 34.8 Å². The molecule has 1 aromatic rings. The van der Waals surface area contributed by atoms with E-state index in [1.807, 2.05) is 0 Å². The summed E-state index contributed by atoms with van der Waals surface area (Å²) in [5, 5.41) is 3.27. The van der Waals surface area contributed by atoms with Crippen molar-refractivity contribution in [2.24, 2.45) is 5.92 Å². The van der Waals surface area contributed by atoms with E-state index in [4.69, 9.17) is 17.3 Å². The maximum atomic E-state index is 11.9. The van der Waals surface area contributed by atoms with Crippen LogP contribution in [-0.2, 0) is 9.59 Å². The number of nitrogen functional groups attached to an aromatic ring is 1. The number of hydrogen-bond donors (Lipinski definition) is 2. The van der Waals surface area contributed by atoms with Gasteiger partial charge in [0.05, 0.1) is 11.4 Å². The number of nitrogens with two attached hydrogens (primary N) is 1. The van der Waals surface area contributed by atoms with Gasteiger partial charge in [0.1, 0.15) is 0 Å². The number of halogens is 1. The summed E-state index contributed by atoms with van der Waals surface area (Å²) >= 11 is 5.81. The number of hydrogen-bond acceptors (Lipinski definition) is 3. The van der Waals surface area contributed by atoms with Crippen molar-refractivity contribution in [3.63, 3.8) is 0 Å². The second-order valence-electron chi connectivity index (χ2n) is 5.35. The first-order chi connectivity index (χ1) is 9.99. The minimum Gasteiger partial charge on any atom is -0.397 e. The van der Waals surface area contributed by atoms with Crippen LogP contribution in [0.25, 0.3) is 0 Å². The third kappa shape index (κ3) is 4.11. The highest BCUT2D eigenvalue weighted by Gasteiger charge is 2.28. The quantitative estimate of drug-likeness (QED) is 0.821. The molecule has 1 aromatic carbocycles. The zero-order valence-electron chi connectivity index (χ0n) is 12.1. The molecular formula is C15H20ClN3O2. The number of rotatable bonds is 5. The maximum Gasteiger partial charge on any atom is 0.226 e. The van der Waals surface area contributed by atoms with Crippen molar-refractivity contribution in [3.8, 4) is 0 Å². The van der Waals surface area contributed by atoms with Crippen LogP contribution in [-0.4, -0.2) is 29.8 Å². The summed E-state index contributed by atoms with van der Waals surface area (Å²) in [6.07, 6.45) is 1.86. The largest absolute Gasteiger partial charge is 0.397 e. The van der Waals surface area contributed by atoms with Crippen LogP contribution >= 0.6 is 11.6 Å². The summed E-state index contributed by atoms with van der Waals surface area (Å²) in [5.41, 5.74) is 6.76. The van der Waals surface area contributed by atoms with Gasteiger partial charge in [0, 0.05) is 31.0 Å². The summed E-state index contributed by atoms with van der Waals surface area (Å²) in [4.78, 5) is 25.5. The first-order valence-electron chi connectivity index (χ1n) is 7.12. The van der Waals surface area contributed by atoms with Gasteiger partial charge in [-0.2, -0.15) is 0 Å². The zero-order chi connectivity index (χ0) is 15.4. The van der Waals surface area contributed by atoms with Crippen molar-refractivity contribution in [1.82, 2.24) is 4.90 Å². The van der Waals surface area contributed by atoms with Gasteiger partial charge in [0.2, 0.25) is 11.8 Å². The normalized spacial score (nSPS) is 18.1. The third-order valence-corrected chi connectivity index (χ3v) is 4.00. The van der Waals surface area contributed by atoms with E-state index in [-0.39, 0.29) is 18.2 Å². The molecule has 3 N–H and O–H groups in total. The molecule has 1 aliphatic heterocycles. The van der Waals surface area contributed by atoms with Crippen molar-refractivity contribution in [2.45, 2.75) is 26.2 Å². The summed E-state index contributed by atoms with van der Waals surface area (Å²) in [7, 11) is 0. The number of anilines is 2. The van der Waals surface area contributed by atoms with Crippen LogP contribution in [0.4, 0.5) is 11.4 Å². The van der Waals surface area contributed by atoms with Crippen LogP contribution in [0.3, 0.4) is 0 Å². The predicted octanol–water partition coefficient (Wildman–Crippen LogP) is 2.51. The van der Waals surface area contributed by atoms with Crippen LogP contribution < -0.4 is 11.1 Å². The Bertz CT molecular complexity index is 548. The summed E-state index contributed by atoms with van der Waals surface area (Å²) in [6.45, 7) is 3.29. The molecule has 114 valence electrons.